The minimum absolute atomic E-state index is 0.0864. The summed E-state index contributed by atoms with van der Waals surface area (Å²) in [6.07, 6.45) is 3.91. The molecule has 0 bridgehead atoms. The number of pyridine rings is 1. The normalized spacial score (nSPS) is 15.4. The molecule has 3 aromatic heterocycles. The molecule has 1 aromatic carbocycles. The molecule has 4 heterocycles. The molecule has 1 saturated heterocycles. The van der Waals surface area contributed by atoms with Gasteiger partial charge in [0.1, 0.15) is 18.0 Å². The van der Waals surface area contributed by atoms with Crippen LogP contribution >= 0.6 is 11.3 Å². The smallest absolute Gasteiger partial charge is 0.251 e. The van der Waals surface area contributed by atoms with Crippen molar-refractivity contribution < 1.29 is 14.3 Å². The van der Waals surface area contributed by atoms with Gasteiger partial charge in [0.2, 0.25) is 0 Å². The zero-order valence-corrected chi connectivity index (χ0v) is 19.0. The zero-order chi connectivity index (χ0) is 22.5. The Labute approximate surface area is 196 Å². The van der Waals surface area contributed by atoms with E-state index in [-0.39, 0.29) is 11.9 Å². The Balaban J connectivity index is 1.17. The highest BCUT2D eigenvalue weighted by atomic mass is 32.1. The van der Waals surface area contributed by atoms with E-state index in [9.17, 15) is 4.79 Å². The van der Waals surface area contributed by atoms with Crippen molar-refractivity contribution in [2.75, 3.05) is 32.8 Å². The van der Waals surface area contributed by atoms with Gasteiger partial charge in [0.15, 0.2) is 0 Å². The summed E-state index contributed by atoms with van der Waals surface area (Å²) in [5.41, 5.74) is 2.36. The number of hydrogen-bond donors (Lipinski definition) is 1. The van der Waals surface area contributed by atoms with Crippen molar-refractivity contribution in [3.63, 3.8) is 0 Å². The number of nitrogens with one attached hydrogen (secondary N) is 1. The average molecular weight is 463 g/mol. The molecule has 170 valence electrons. The van der Waals surface area contributed by atoms with Gasteiger partial charge in [-0.05, 0) is 47.8 Å². The van der Waals surface area contributed by atoms with Crippen molar-refractivity contribution >= 4 is 22.9 Å². The van der Waals surface area contributed by atoms with Crippen LogP contribution in [0.2, 0.25) is 0 Å². The third-order valence-electron chi connectivity index (χ3n) is 5.73. The quantitative estimate of drug-likeness (QED) is 0.432. The predicted molar refractivity (Wildman–Crippen MR) is 128 cm³/mol. The van der Waals surface area contributed by atoms with E-state index in [2.05, 4.69) is 32.7 Å². The summed E-state index contributed by atoms with van der Waals surface area (Å²) in [5.74, 6) is 0.616. The molecule has 5 rings (SSSR count). The highest BCUT2D eigenvalue weighted by Crippen LogP contribution is 2.25. The zero-order valence-electron chi connectivity index (χ0n) is 18.2. The van der Waals surface area contributed by atoms with E-state index in [1.54, 1.807) is 23.5 Å². The van der Waals surface area contributed by atoms with Crippen LogP contribution in [-0.4, -0.2) is 53.0 Å². The second-order valence-electron chi connectivity index (χ2n) is 7.90. The first-order valence-corrected chi connectivity index (χ1v) is 11.9. The number of carbonyl (C=O) groups excluding carboxylic acids is 1. The number of aromatic nitrogens is 2. The monoisotopic (exact) mass is 462 g/mol. The molecular weight excluding hydrogens is 436 g/mol. The molecule has 0 unspecified atom stereocenters. The van der Waals surface area contributed by atoms with Crippen molar-refractivity contribution in [3.05, 3.63) is 88.5 Å². The number of ether oxygens (including phenoxy) is 2. The first-order chi connectivity index (χ1) is 16.3. The molecule has 1 fully saturated rings. The van der Waals surface area contributed by atoms with Gasteiger partial charge >= 0.3 is 0 Å². The maximum atomic E-state index is 12.8. The summed E-state index contributed by atoms with van der Waals surface area (Å²) in [6.45, 7) is 4.13. The minimum atomic E-state index is -0.0864. The summed E-state index contributed by atoms with van der Waals surface area (Å²) >= 11 is 1.72. The molecule has 0 spiro atoms. The van der Waals surface area contributed by atoms with Gasteiger partial charge in [-0.25, -0.2) is 4.98 Å². The van der Waals surface area contributed by atoms with E-state index >= 15 is 0 Å². The molecule has 8 heteroatoms. The number of morpholine rings is 1. The summed E-state index contributed by atoms with van der Waals surface area (Å²) in [6, 6.07) is 17.5. The standard InChI is InChI=1S/C25H26N4O3S/c30-25(26-16-22(23-4-3-15-33-23)28-11-13-31-14-12-28)19-6-8-21(9-7-19)32-18-20-17-29-10-2-1-5-24(29)27-20/h1-10,15,17,22H,11-14,16,18H2,(H,26,30)/t22-/m1/s1. The van der Waals surface area contributed by atoms with E-state index < -0.39 is 0 Å². The maximum absolute atomic E-state index is 12.8. The Morgan fingerprint density at radius 2 is 1.97 bits per heavy atom. The fourth-order valence-corrected chi connectivity index (χ4v) is 4.85. The van der Waals surface area contributed by atoms with Gasteiger partial charge in [0.05, 0.1) is 24.9 Å². The lowest BCUT2D eigenvalue weighted by Crippen LogP contribution is -2.43. The second kappa shape index (κ2) is 10.2. The summed E-state index contributed by atoms with van der Waals surface area (Å²) in [7, 11) is 0. The number of thiophene rings is 1. The molecule has 7 nitrogen and oxygen atoms in total. The van der Waals surface area contributed by atoms with Crippen molar-refractivity contribution in [1.29, 1.82) is 0 Å². The van der Waals surface area contributed by atoms with Gasteiger partial charge < -0.3 is 19.2 Å². The molecular formula is C25H26N4O3S. The molecule has 1 N–H and O–H groups in total. The first-order valence-electron chi connectivity index (χ1n) is 11.1. The summed E-state index contributed by atoms with van der Waals surface area (Å²) in [4.78, 5) is 21.0. The Kier molecular flexibility index (Phi) is 6.66. The number of rotatable bonds is 8. The topological polar surface area (TPSA) is 68.1 Å². The maximum Gasteiger partial charge on any atom is 0.251 e. The van der Waals surface area contributed by atoms with Crippen LogP contribution in [0.5, 0.6) is 5.75 Å². The third kappa shape index (κ3) is 5.24. The lowest BCUT2D eigenvalue weighted by molar-refractivity contribution is 0.0169. The minimum Gasteiger partial charge on any atom is -0.487 e. The van der Waals surface area contributed by atoms with Gasteiger partial charge in [-0.1, -0.05) is 12.1 Å². The molecule has 0 saturated carbocycles. The number of nitrogens with zero attached hydrogens (tertiary/aromatic N) is 3. The predicted octanol–water partition coefficient (Wildman–Crippen LogP) is 3.78. The molecule has 4 aromatic rings. The first kappa shape index (κ1) is 21.6. The van der Waals surface area contributed by atoms with Crippen LogP contribution in [-0.2, 0) is 11.3 Å². The number of benzene rings is 1. The van der Waals surface area contributed by atoms with Crippen molar-refractivity contribution in [3.8, 4) is 5.75 Å². The van der Waals surface area contributed by atoms with Crippen LogP contribution in [0, 0.1) is 0 Å². The van der Waals surface area contributed by atoms with Gasteiger partial charge in [0.25, 0.3) is 5.91 Å². The van der Waals surface area contributed by atoms with E-state index in [0.29, 0.717) is 24.5 Å². The van der Waals surface area contributed by atoms with E-state index in [0.717, 1.165) is 37.6 Å². The van der Waals surface area contributed by atoms with Crippen molar-refractivity contribution in [1.82, 2.24) is 19.6 Å². The van der Waals surface area contributed by atoms with Gasteiger partial charge in [0, 0.05) is 42.5 Å². The Hall–Kier alpha value is -3.20. The molecule has 1 aliphatic heterocycles. The van der Waals surface area contributed by atoms with Gasteiger partial charge in [-0.3, -0.25) is 9.69 Å². The Bertz CT molecular complexity index is 1150. The lowest BCUT2D eigenvalue weighted by atomic mass is 10.1. The number of carbonyl (C=O) groups is 1. The molecule has 1 amide bonds. The van der Waals surface area contributed by atoms with Crippen LogP contribution in [0.1, 0.15) is 27.0 Å². The Morgan fingerprint density at radius 3 is 2.73 bits per heavy atom. The van der Waals surface area contributed by atoms with Crippen LogP contribution in [0.25, 0.3) is 5.65 Å². The molecule has 1 atom stereocenters. The number of fused-ring (bicyclic) bond motifs is 1. The van der Waals surface area contributed by atoms with Crippen LogP contribution in [0.15, 0.2) is 72.4 Å². The van der Waals surface area contributed by atoms with E-state index in [1.165, 1.54) is 4.88 Å². The third-order valence-corrected chi connectivity index (χ3v) is 6.70. The molecule has 33 heavy (non-hydrogen) atoms. The van der Waals surface area contributed by atoms with E-state index in [4.69, 9.17) is 9.47 Å². The van der Waals surface area contributed by atoms with Crippen LogP contribution in [0.4, 0.5) is 0 Å². The summed E-state index contributed by atoms with van der Waals surface area (Å²) < 4.78 is 13.3. The fraction of sp³-hybridized carbons (Fsp3) is 0.280. The fourth-order valence-electron chi connectivity index (χ4n) is 3.99. The average Bonchev–Trinajstić information content (AvgIpc) is 3.54. The Morgan fingerprint density at radius 1 is 1.12 bits per heavy atom. The molecule has 0 radical (unpaired) electrons. The molecule has 1 aliphatic rings. The van der Waals surface area contributed by atoms with Crippen molar-refractivity contribution in [2.45, 2.75) is 12.6 Å². The highest BCUT2D eigenvalue weighted by molar-refractivity contribution is 7.10. The second-order valence-corrected chi connectivity index (χ2v) is 8.88. The van der Waals surface area contributed by atoms with Gasteiger partial charge in [-0.15, -0.1) is 11.3 Å². The molecule has 0 aliphatic carbocycles. The van der Waals surface area contributed by atoms with Crippen LogP contribution < -0.4 is 10.1 Å². The van der Waals surface area contributed by atoms with Crippen LogP contribution in [0.3, 0.4) is 0 Å². The van der Waals surface area contributed by atoms with Crippen molar-refractivity contribution in [2.24, 2.45) is 0 Å². The number of imidazole rings is 1. The van der Waals surface area contributed by atoms with E-state index in [1.807, 2.05) is 47.1 Å². The number of hydrogen-bond acceptors (Lipinski definition) is 6. The highest BCUT2D eigenvalue weighted by Gasteiger charge is 2.24. The lowest BCUT2D eigenvalue weighted by Gasteiger charge is -2.34. The number of amides is 1. The summed E-state index contributed by atoms with van der Waals surface area (Å²) in [5, 5.41) is 5.19. The van der Waals surface area contributed by atoms with Gasteiger partial charge in [-0.2, -0.15) is 0 Å². The largest absolute Gasteiger partial charge is 0.487 e. The SMILES string of the molecule is O=C(NC[C@H](c1cccs1)N1CCOCC1)c1ccc(OCc2cn3ccccc3n2)cc1.